The second-order valence-corrected chi connectivity index (χ2v) is 2.54. The lowest BCUT2D eigenvalue weighted by atomic mass is 10.6. The third-order valence-corrected chi connectivity index (χ3v) is 1.51. The Hall–Kier alpha value is -1.92. The van der Waals surface area contributed by atoms with Crippen molar-refractivity contribution in [2.45, 2.75) is 13.5 Å². The monoisotopic (exact) mass is 199 g/mol. The molecule has 0 aliphatic heterocycles. The number of aromatic nitrogens is 2. The number of ether oxygens (including phenoxy) is 1. The van der Waals surface area contributed by atoms with Crippen LogP contribution < -0.4 is 0 Å². The maximum Gasteiger partial charge on any atom is 0.342 e. The maximum atomic E-state index is 10.4. The van der Waals surface area contributed by atoms with E-state index in [1.807, 2.05) is 0 Å². The zero-order valence-electron chi connectivity index (χ0n) is 7.54. The van der Waals surface area contributed by atoms with E-state index < -0.39 is 10.9 Å². The van der Waals surface area contributed by atoms with Crippen LogP contribution in [0.1, 0.15) is 6.92 Å². The summed E-state index contributed by atoms with van der Waals surface area (Å²) in [6.45, 7) is 1.62. The number of carbonyl (C=O) groups is 1. The van der Waals surface area contributed by atoms with Gasteiger partial charge in [0.25, 0.3) is 0 Å². The van der Waals surface area contributed by atoms with Crippen LogP contribution in [0.15, 0.2) is 12.5 Å². The number of nitrogens with zero attached hydrogens (tertiary/aromatic N) is 3. The van der Waals surface area contributed by atoms with Crippen LogP contribution in [-0.4, -0.2) is 27.1 Å². The molecule has 1 rings (SSSR count). The highest BCUT2D eigenvalue weighted by molar-refractivity contribution is 5.65. The van der Waals surface area contributed by atoms with Gasteiger partial charge in [0.2, 0.25) is 0 Å². The van der Waals surface area contributed by atoms with Crippen molar-refractivity contribution in [2.24, 2.45) is 0 Å². The molecule has 0 aromatic carbocycles. The normalized spacial score (nSPS) is 9.79. The smallest absolute Gasteiger partial charge is 0.342 e. The molecule has 0 amide bonds. The van der Waals surface area contributed by atoms with Crippen molar-refractivity contribution in [1.82, 2.24) is 9.55 Å². The summed E-state index contributed by atoms with van der Waals surface area (Å²) in [6, 6.07) is 0. The average Bonchev–Trinajstić information content (AvgIpc) is 2.51. The van der Waals surface area contributed by atoms with Crippen LogP contribution in [0.2, 0.25) is 0 Å². The molecule has 0 fully saturated rings. The zero-order valence-corrected chi connectivity index (χ0v) is 7.54. The zero-order chi connectivity index (χ0) is 10.6. The molecule has 0 unspecified atom stereocenters. The SMILES string of the molecule is CC(=O)OCCn1cncc1[N+](=O)[O-]. The molecule has 0 saturated heterocycles. The van der Waals surface area contributed by atoms with E-state index in [2.05, 4.69) is 9.72 Å². The van der Waals surface area contributed by atoms with Gasteiger partial charge in [-0.25, -0.2) is 9.55 Å². The Morgan fingerprint density at radius 3 is 3.07 bits per heavy atom. The second kappa shape index (κ2) is 4.35. The van der Waals surface area contributed by atoms with Gasteiger partial charge in [-0.15, -0.1) is 0 Å². The Morgan fingerprint density at radius 2 is 2.50 bits per heavy atom. The van der Waals surface area contributed by atoms with Crippen molar-refractivity contribution in [3.8, 4) is 0 Å². The molecule has 0 saturated carbocycles. The molecule has 14 heavy (non-hydrogen) atoms. The van der Waals surface area contributed by atoms with Crippen LogP contribution in [0, 0.1) is 10.1 Å². The summed E-state index contributed by atoms with van der Waals surface area (Å²) in [5.41, 5.74) is 0. The lowest BCUT2D eigenvalue weighted by Crippen LogP contribution is -2.09. The van der Waals surface area contributed by atoms with Gasteiger partial charge in [-0.3, -0.25) is 4.79 Å². The summed E-state index contributed by atoms with van der Waals surface area (Å²) >= 11 is 0. The summed E-state index contributed by atoms with van der Waals surface area (Å²) in [5, 5.41) is 10.4. The molecule has 0 bridgehead atoms. The van der Waals surface area contributed by atoms with Gasteiger partial charge in [0, 0.05) is 6.92 Å². The molecule has 76 valence electrons. The molecular formula is C7H9N3O4. The molecule has 0 radical (unpaired) electrons. The molecule has 1 heterocycles. The molecule has 0 atom stereocenters. The van der Waals surface area contributed by atoms with E-state index in [0.29, 0.717) is 0 Å². The molecule has 0 N–H and O–H groups in total. The first-order valence-corrected chi connectivity index (χ1v) is 3.89. The standard InChI is InChI=1S/C7H9N3O4/c1-6(11)14-3-2-9-5-8-4-7(9)10(12)13/h4-5H,2-3H2,1H3. The van der Waals surface area contributed by atoms with Crippen LogP contribution in [0.4, 0.5) is 5.82 Å². The van der Waals surface area contributed by atoms with Gasteiger partial charge in [0.05, 0.1) is 0 Å². The molecule has 7 heteroatoms. The second-order valence-electron chi connectivity index (χ2n) is 2.54. The third kappa shape index (κ3) is 2.54. The summed E-state index contributed by atoms with van der Waals surface area (Å²) in [5.74, 6) is -0.523. The molecule has 7 nitrogen and oxygen atoms in total. The van der Waals surface area contributed by atoms with Crippen LogP contribution in [0.3, 0.4) is 0 Å². The minimum atomic E-state index is -0.541. The maximum absolute atomic E-state index is 10.4. The highest BCUT2D eigenvalue weighted by atomic mass is 16.6. The van der Waals surface area contributed by atoms with Crippen molar-refractivity contribution in [1.29, 1.82) is 0 Å². The number of carbonyl (C=O) groups excluding carboxylic acids is 1. The predicted molar refractivity (Wildman–Crippen MR) is 45.5 cm³/mol. The van der Waals surface area contributed by atoms with Gasteiger partial charge in [0.1, 0.15) is 19.3 Å². The Morgan fingerprint density at radius 1 is 1.79 bits per heavy atom. The first kappa shape index (κ1) is 10.2. The highest BCUT2D eigenvalue weighted by Crippen LogP contribution is 2.08. The Kier molecular flexibility index (Phi) is 3.16. The van der Waals surface area contributed by atoms with Crippen molar-refractivity contribution < 1.29 is 14.5 Å². The topological polar surface area (TPSA) is 87.3 Å². The van der Waals surface area contributed by atoms with Crippen LogP contribution in [0.5, 0.6) is 0 Å². The van der Waals surface area contributed by atoms with E-state index in [4.69, 9.17) is 0 Å². The average molecular weight is 199 g/mol. The number of nitro groups is 1. The Balaban J connectivity index is 2.54. The quantitative estimate of drug-likeness (QED) is 0.396. The summed E-state index contributed by atoms with van der Waals surface area (Å²) in [6.07, 6.45) is 2.47. The molecular weight excluding hydrogens is 190 g/mol. The van der Waals surface area contributed by atoms with Crippen molar-refractivity contribution in [3.63, 3.8) is 0 Å². The summed E-state index contributed by atoms with van der Waals surface area (Å²) < 4.78 is 5.95. The van der Waals surface area contributed by atoms with E-state index in [1.165, 1.54) is 17.8 Å². The molecule has 0 aliphatic rings. The minimum absolute atomic E-state index is 0.104. The largest absolute Gasteiger partial charge is 0.462 e. The van der Waals surface area contributed by atoms with Gasteiger partial charge < -0.3 is 14.9 Å². The fourth-order valence-electron chi connectivity index (χ4n) is 0.926. The van der Waals surface area contributed by atoms with E-state index in [0.717, 1.165) is 6.20 Å². The fraction of sp³-hybridized carbons (Fsp3) is 0.429. The number of esters is 1. The van der Waals surface area contributed by atoms with Crippen LogP contribution >= 0.6 is 0 Å². The van der Waals surface area contributed by atoms with E-state index in [9.17, 15) is 14.9 Å². The first-order chi connectivity index (χ1) is 6.61. The minimum Gasteiger partial charge on any atom is -0.462 e. The van der Waals surface area contributed by atoms with Crippen LogP contribution in [0.25, 0.3) is 0 Å². The van der Waals surface area contributed by atoms with E-state index in [-0.39, 0.29) is 19.0 Å². The predicted octanol–water partition coefficient (Wildman–Crippen LogP) is 0.354. The highest BCUT2D eigenvalue weighted by Gasteiger charge is 2.12. The lowest BCUT2D eigenvalue weighted by Gasteiger charge is -2.00. The summed E-state index contributed by atoms with van der Waals surface area (Å²) in [4.78, 5) is 23.9. The Labute approximate surface area is 79.5 Å². The van der Waals surface area contributed by atoms with Crippen molar-refractivity contribution >= 4 is 11.8 Å². The number of hydrogen-bond acceptors (Lipinski definition) is 5. The van der Waals surface area contributed by atoms with Gasteiger partial charge in [-0.1, -0.05) is 0 Å². The van der Waals surface area contributed by atoms with E-state index in [1.54, 1.807) is 0 Å². The number of rotatable bonds is 4. The van der Waals surface area contributed by atoms with Gasteiger partial charge in [-0.2, -0.15) is 0 Å². The first-order valence-electron chi connectivity index (χ1n) is 3.89. The third-order valence-electron chi connectivity index (χ3n) is 1.51. The molecule has 0 aliphatic carbocycles. The Bertz CT molecular complexity index is 346. The van der Waals surface area contributed by atoms with Gasteiger partial charge >= 0.3 is 11.8 Å². The van der Waals surface area contributed by atoms with Crippen LogP contribution in [-0.2, 0) is 16.1 Å². The van der Waals surface area contributed by atoms with Gasteiger partial charge in [-0.05, 0) is 4.92 Å². The number of hydrogen-bond donors (Lipinski definition) is 0. The van der Waals surface area contributed by atoms with Crippen molar-refractivity contribution in [2.75, 3.05) is 6.61 Å². The fourth-order valence-corrected chi connectivity index (χ4v) is 0.926. The molecule has 1 aromatic heterocycles. The van der Waals surface area contributed by atoms with E-state index >= 15 is 0 Å². The summed E-state index contributed by atoms with van der Waals surface area (Å²) in [7, 11) is 0. The number of imidazole rings is 1. The van der Waals surface area contributed by atoms with Gasteiger partial charge in [0.15, 0.2) is 6.33 Å². The van der Waals surface area contributed by atoms with Crippen molar-refractivity contribution in [3.05, 3.63) is 22.6 Å². The molecule has 0 spiro atoms. The molecule has 1 aromatic rings. The lowest BCUT2D eigenvalue weighted by molar-refractivity contribution is -0.392.